The SMILES string of the molecule is OC(c1cncc(F)c1)C1CCCc2ccccc21. The number of pyridine rings is 1. The molecule has 2 atom stereocenters. The van der Waals surface area contributed by atoms with Crippen LogP contribution >= 0.6 is 0 Å². The zero-order valence-electron chi connectivity index (χ0n) is 10.6. The van der Waals surface area contributed by atoms with Gasteiger partial charge in [-0.05, 0) is 36.5 Å². The molecule has 0 fully saturated rings. The van der Waals surface area contributed by atoms with E-state index in [1.807, 2.05) is 12.1 Å². The van der Waals surface area contributed by atoms with Gasteiger partial charge in [0.1, 0.15) is 5.82 Å². The second-order valence-corrected chi connectivity index (χ2v) is 5.08. The van der Waals surface area contributed by atoms with Crippen LogP contribution in [0.4, 0.5) is 4.39 Å². The predicted octanol–water partition coefficient (Wildman–Crippen LogP) is 3.37. The molecule has 0 bridgehead atoms. The summed E-state index contributed by atoms with van der Waals surface area (Å²) in [5.74, 6) is -0.366. The maximum absolute atomic E-state index is 13.2. The molecular weight excluding hydrogens is 241 g/mol. The van der Waals surface area contributed by atoms with Gasteiger partial charge in [-0.1, -0.05) is 24.3 Å². The number of rotatable bonds is 2. The smallest absolute Gasteiger partial charge is 0.141 e. The molecule has 2 nitrogen and oxygen atoms in total. The van der Waals surface area contributed by atoms with Gasteiger partial charge in [-0.3, -0.25) is 4.98 Å². The van der Waals surface area contributed by atoms with Gasteiger partial charge in [0.15, 0.2) is 0 Å². The number of hydrogen-bond donors (Lipinski definition) is 1. The monoisotopic (exact) mass is 257 g/mol. The lowest BCUT2D eigenvalue weighted by molar-refractivity contribution is 0.135. The van der Waals surface area contributed by atoms with Crippen LogP contribution in [0.15, 0.2) is 42.7 Å². The van der Waals surface area contributed by atoms with Crippen LogP contribution < -0.4 is 0 Å². The lowest BCUT2D eigenvalue weighted by atomic mass is 9.78. The number of fused-ring (bicyclic) bond motifs is 1. The van der Waals surface area contributed by atoms with Gasteiger partial charge in [0.05, 0.1) is 12.3 Å². The van der Waals surface area contributed by atoms with E-state index in [0.29, 0.717) is 5.56 Å². The largest absolute Gasteiger partial charge is 0.388 e. The van der Waals surface area contributed by atoms with Gasteiger partial charge >= 0.3 is 0 Å². The number of benzene rings is 1. The van der Waals surface area contributed by atoms with E-state index in [1.54, 1.807) is 6.20 Å². The highest BCUT2D eigenvalue weighted by molar-refractivity contribution is 5.35. The molecule has 1 heterocycles. The topological polar surface area (TPSA) is 33.1 Å². The number of aliphatic hydroxyl groups is 1. The second kappa shape index (κ2) is 5.10. The average molecular weight is 257 g/mol. The first-order valence-electron chi connectivity index (χ1n) is 6.62. The molecule has 1 aliphatic rings. The molecule has 1 aromatic carbocycles. The van der Waals surface area contributed by atoms with Crippen LogP contribution in [-0.2, 0) is 6.42 Å². The fraction of sp³-hybridized carbons (Fsp3) is 0.312. The molecule has 0 radical (unpaired) electrons. The van der Waals surface area contributed by atoms with Crippen LogP contribution in [0.25, 0.3) is 0 Å². The van der Waals surface area contributed by atoms with Gasteiger partial charge in [0.25, 0.3) is 0 Å². The molecule has 1 aromatic heterocycles. The Bertz CT molecular complexity index is 584. The summed E-state index contributed by atoms with van der Waals surface area (Å²) in [4.78, 5) is 3.82. The summed E-state index contributed by atoms with van der Waals surface area (Å²) in [6, 6.07) is 9.56. The van der Waals surface area contributed by atoms with E-state index in [1.165, 1.54) is 17.2 Å². The molecule has 98 valence electrons. The van der Waals surface area contributed by atoms with Crippen molar-refractivity contribution in [2.24, 2.45) is 0 Å². The predicted molar refractivity (Wildman–Crippen MR) is 71.3 cm³/mol. The van der Waals surface area contributed by atoms with Crippen molar-refractivity contribution in [3.8, 4) is 0 Å². The quantitative estimate of drug-likeness (QED) is 0.894. The minimum absolute atomic E-state index is 0.0357. The normalized spacial score (nSPS) is 19.8. The molecule has 2 unspecified atom stereocenters. The van der Waals surface area contributed by atoms with Crippen molar-refractivity contribution < 1.29 is 9.50 Å². The minimum Gasteiger partial charge on any atom is -0.388 e. The second-order valence-electron chi connectivity index (χ2n) is 5.08. The molecule has 0 aliphatic heterocycles. The zero-order valence-corrected chi connectivity index (χ0v) is 10.6. The van der Waals surface area contributed by atoms with Gasteiger partial charge in [-0.25, -0.2) is 4.39 Å². The van der Waals surface area contributed by atoms with Gasteiger partial charge in [-0.15, -0.1) is 0 Å². The number of aryl methyl sites for hydroxylation is 1. The molecule has 0 saturated carbocycles. The Morgan fingerprint density at radius 2 is 2.11 bits per heavy atom. The van der Waals surface area contributed by atoms with Crippen molar-refractivity contribution in [1.29, 1.82) is 0 Å². The summed E-state index contributed by atoms with van der Waals surface area (Å²) < 4.78 is 13.2. The van der Waals surface area contributed by atoms with E-state index in [9.17, 15) is 9.50 Å². The fourth-order valence-electron chi connectivity index (χ4n) is 2.94. The molecule has 3 heteroatoms. The third kappa shape index (κ3) is 2.38. The lowest BCUT2D eigenvalue weighted by Gasteiger charge is -2.29. The summed E-state index contributed by atoms with van der Waals surface area (Å²) >= 11 is 0. The molecular formula is C16H16FNO. The summed E-state index contributed by atoms with van der Waals surface area (Å²) in [6.07, 6.45) is 5.05. The Kier molecular flexibility index (Phi) is 3.30. The minimum atomic E-state index is -0.690. The first-order valence-corrected chi connectivity index (χ1v) is 6.62. The highest BCUT2D eigenvalue weighted by atomic mass is 19.1. The van der Waals surface area contributed by atoms with Gasteiger partial charge < -0.3 is 5.11 Å². The Hall–Kier alpha value is -1.74. The standard InChI is InChI=1S/C16H16FNO/c17-13-8-12(9-18-10-13)16(19)15-7-3-5-11-4-1-2-6-14(11)15/h1-2,4,6,8-10,15-16,19H,3,5,7H2. The molecule has 0 spiro atoms. The highest BCUT2D eigenvalue weighted by Crippen LogP contribution is 2.40. The number of hydrogen-bond acceptors (Lipinski definition) is 2. The van der Waals surface area contributed by atoms with Crippen LogP contribution in [-0.4, -0.2) is 10.1 Å². The van der Waals surface area contributed by atoms with E-state index in [0.717, 1.165) is 25.5 Å². The molecule has 1 N–H and O–H groups in total. The Labute approximate surface area is 111 Å². The Balaban J connectivity index is 1.95. The number of nitrogens with zero attached hydrogens (tertiary/aromatic N) is 1. The van der Waals surface area contributed by atoms with E-state index in [-0.39, 0.29) is 5.92 Å². The van der Waals surface area contributed by atoms with E-state index in [2.05, 4.69) is 17.1 Å². The van der Waals surface area contributed by atoms with Crippen molar-refractivity contribution in [3.05, 3.63) is 65.2 Å². The summed E-state index contributed by atoms with van der Waals surface area (Å²) in [7, 11) is 0. The van der Waals surface area contributed by atoms with E-state index in [4.69, 9.17) is 0 Å². The number of aromatic nitrogens is 1. The van der Waals surface area contributed by atoms with Crippen molar-refractivity contribution in [2.45, 2.75) is 31.3 Å². The fourth-order valence-corrected chi connectivity index (χ4v) is 2.94. The Morgan fingerprint density at radius 3 is 2.95 bits per heavy atom. The molecule has 3 rings (SSSR count). The Morgan fingerprint density at radius 1 is 1.26 bits per heavy atom. The summed E-state index contributed by atoms with van der Waals surface area (Å²) in [5, 5.41) is 10.5. The lowest BCUT2D eigenvalue weighted by Crippen LogP contribution is -2.17. The van der Waals surface area contributed by atoms with Crippen molar-refractivity contribution >= 4 is 0 Å². The van der Waals surface area contributed by atoms with Crippen molar-refractivity contribution in [3.63, 3.8) is 0 Å². The molecule has 19 heavy (non-hydrogen) atoms. The molecule has 0 amide bonds. The van der Waals surface area contributed by atoms with E-state index < -0.39 is 11.9 Å². The molecule has 0 saturated heterocycles. The molecule has 2 aromatic rings. The highest BCUT2D eigenvalue weighted by Gasteiger charge is 2.27. The maximum Gasteiger partial charge on any atom is 0.141 e. The van der Waals surface area contributed by atoms with Gasteiger partial charge in [0, 0.05) is 17.7 Å². The van der Waals surface area contributed by atoms with Crippen LogP contribution in [0.3, 0.4) is 0 Å². The van der Waals surface area contributed by atoms with Gasteiger partial charge in [0.2, 0.25) is 0 Å². The third-order valence-electron chi connectivity index (χ3n) is 3.86. The van der Waals surface area contributed by atoms with Gasteiger partial charge in [-0.2, -0.15) is 0 Å². The third-order valence-corrected chi connectivity index (χ3v) is 3.86. The number of aliphatic hydroxyl groups excluding tert-OH is 1. The summed E-state index contributed by atoms with van der Waals surface area (Å²) in [6.45, 7) is 0. The van der Waals surface area contributed by atoms with Crippen molar-refractivity contribution in [2.75, 3.05) is 0 Å². The van der Waals surface area contributed by atoms with Crippen LogP contribution in [0.1, 0.15) is 41.6 Å². The summed E-state index contributed by atoms with van der Waals surface area (Å²) in [5.41, 5.74) is 3.04. The van der Waals surface area contributed by atoms with E-state index >= 15 is 0 Å². The maximum atomic E-state index is 13.2. The molecule has 1 aliphatic carbocycles. The zero-order chi connectivity index (χ0) is 13.2. The van der Waals surface area contributed by atoms with Crippen LogP contribution in [0.2, 0.25) is 0 Å². The average Bonchev–Trinajstić information content (AvgIpc) is 2.46. The first-order chi connectivity index (χ1) is 9.25. The van der Waals surface area contributed by atoms with Crippen LogP contribution in [0.5, 0.6) is 0 Å². The van der Waals surface area contributed by atoms with Crippen molar-refractivity contribution in [1.82, 2.24) is 4.98 Å². The first kappa shape index (κ1) is 12.3. The number of halogens is 1. The van der Waals surface area contributed by atoms with Crippen LogP contribution in [0, 0.1) is 5.82 Å².